The van der Waals surface area contributed by atoms with E-state index in [9.17, 15) is 0 Å². The topological polar surface area (TPSA) is 55.9 Å². The van der Waals surface area contributed by atoms with Crippen molar-refractivity contribution in [1.29, 1.82) is 0 Å². The molecule has 104 valence electrons. The summed E-state index contributed by atoms with van der Waals surface area (Å²) in [5.41, 5.74) is 5.13. The van der Waals surface area contributed by atoms with Crippen molar-refractivity contribution < 1.29 is 0 Å². The van der Waals surface area contributed by atoms with E-state index in [0.29, 0.717) is 5.02 Å². The van der Waals surface area contributed by atoms with E-state index in [2.05, 4.69) is 35.8 Å². The lowest BCUT2D eigenvalue weighted by atomic mass is 10.1. The molecule has 0 fully saturated rings. The minimum atomic E-state index is -0.100. The second kappa shape index (κ2) is 6.52. The number of nitrogens with two attached hydrogens (primary N) is 1. The van der Waals surface area contributed by atoms with Crippen LogP contribution in [-0.4, -0.2) is 9.78 Å². The van der Waals surface area contributed by atoms with Crippen LogP contribution in [0.3, 0.4) is 0 Å². The highest BCUT2D eigenvalue weighted by Gasteiger charge is 2.23. The zero-order valence-electron chi connectivity index (χ0n) is 11.2. The minimum absolute atomic E-state index is 0.100. The minimum Gasteiger partial charge on any atom is -0.270 e. The molecule has 2 aromatic rings. The van der Waals surface area contributed by atoms with Crippen molar-refractivity contribution in [3.05, 3.63) is 38.8 Å². The molecule has 0 radical (unpaired) electrons. The number of nitrogens with one attached hydrogen (secondary N) is 1. The van der Waals surface area contributed by atoms with Crippen LogP contribution in [0.4, 0.5) is 0 Å². The van der Waals surface area contributed by atoms with Crippen molar-refractivity contribution in [1.82, 2.24) is 15.2 Å². The fourth-order valence-corrected chi connectivity index (χ4v) is 3.53. The van der Waals surface area contributed by atoms with E-state index >= 15 is 0 Å². The Balaban J connectivity index is 2.45. The van der Waals surface area contributed by atoms with E-state index < -0.39 is 0 Å². The smallest absolute Gasteiger partial charge is 0.0987 e. The number of thiophene rings is 1. The van der Waals surface area contributed by atoms with Crippen LogP contribution in [-0.2, 0) is 13.0 Å². The number of halogens is 1. The number of hydrazine groups is 1. The highest BCUT2D eigenvalue weighted by atomic mass is 35.5. The molecular formula is C13H19ClN4S. The Hall–Kier alpha value is -0.880. The van der Waals surface area contributed by atoms with E-state index in [1.165, 1.54) is 10.4 Å². The van der Waals surface area contributed by atoms with Crippen molar-refractivity contribution in [3.63, 3.8) is 0 Å². The average Bonchev–Trinajstić information content (AvgIpc) is 3.01. The van der Waals surface area contributed by atoms with E-state index in [1.807, 2.05) is 4.68 Å². The summed E-state index contributed by atoms with van der Waals surface area (Å²) in [6.07, 6.45) is 3.68. The highest BCUT2D eigenvalue weighted by Crippen LogP contribution is 2.33. The lowest BCUT2D eigenvalue weighted by Crippen LogP contribution is -2.31. The molecule has 2 heterocycles. The van der Waals surface area contributed by atoms with Gasteiger partial charge in [0.25, 0.3) is 0 Å². The maximum Gasteiger partial charge on any atom is 0.0987 e. The Kier molecular flexibility index (Phi) is 4.99. The summed E-state index contributed by atoms with van der Waals surface area (Å²) in [5.74, 6) is 5.77. The van der Waals surface area contributed by atoms with Crippen LogP contribution in [0.25, 0.3) is 0 Å². The maximum atomic E-state index is 6.29. The first-order valence-corrected chi connectivity index (χ1v) is 7.72. The van der Waals surface area contributed by atoms with Crippen LogP contribution in [0.2, 0.25) is 5.02 Å². The molecule has 0 spiro atoms. The predicted molar refractivity (Wildman–Crippen MR) is 80.4 cm³/mol. The Labute approximate surface area is 122 Å². The van der Waals surface area contributed by atoms with Crippen molar-refractivity contribution in [2.75, 3.05) is 0 Å². The molecule has 1 unspecified atom stereocenters. The first kappa shape index (κ1) is 14.5. The van der Waals surface area contributed by atoms with Gasteiger partial charge < -0.3 is 0 Å². The van der Waals surface area contributed by atoms with E-state index in [0.717, 1.165) is 25.1 Å². The van der Waals surface area contributed by atoms with E-state index in [-0.39, 0.29) is 6.04 Å². The Bertz CT molecular complexity index is 534. The number of aryl methyl sites for hydroxylation is 2. The summed E-state index contributed by atoms with van der Waals surface area (Å²) >= 11 is 7.99. The van der Waals surface area contributed by atoms with Crippen LogP contribution in [0.1, 0.15) is 42.4 Å². The lowest BCUT2D eigenvalue weighted by molar-refractivity contribution is 0.523. The zero-order chi connectivity index (χ0) is 13.8. The molecule has 6 heteroatoms. The third-order valence-electron chi connectivity index (χ3n) is 3.13. The molecule has 4 nitrogen and oxygen atoms in total. The highest BCUT2D eigenvalue weighted by molar-refractivity contribution is 7.10. The summed E-state index contributed by atoms with van der Waals surface area (Å²) in [6, 6.07) is 2.04. The van der Waals surface area contributed by atoms with Crippen LogP contribution in [0, 0.1) is 0 Å². The molecule has 0 aliphatic rings. The molecule has 3 N–H and O–H groups in total. The quantitative estimate of drug-likeness (QED) is 0.636. The Morgan fingerprint density at radius 3 is 2.95 bits per heavy atom. The normalized spacial score (nSPS) is 12.8. The van der Waals surface area contributed by atoms with Crippen molar-refractivity contribution in [3.8, 4) is 0 Å². The van der Waals surface area contributed by atoms with Crippen LogP contribution < -0.4 is 11.3 Å². The standard InChI is InChI=1S/C13H19ClN4S/c1-3-6-18-12(10(14)8-16-18)11(17-15)13-9(4-2)5-7-19-13/h5,7-8,11,17H,3-4,6,15H2,1-2H3. The van der Waals surface area contributed by atoms with Gasteiger partial charge in [0.2, 0.25) is 0 Å². The van der Waals surface area contributed by atoms with Crippen molar-refractivity contribution >= 4 is 22.9 Å². The zero-order valence-corrected chi connectivity index (χ0v) is 12.8. The Morgan fingerprint density at radius 2 is 2.32 bits per heavy atom. The van der Waals surface area contributed by atoms with Crippen molar-refractivity contribution in [2.24, 2.45) is 5.84 Å². The molecule has 0 saturated heterocycles. The molecule has 0 aliphatic heterocycles. The monoisotopic (exact) mass is 298 g/mol. The van der Waals surface area contributed by atoms with Gasteiger partial charge in [-0.15, -0.1) is 11.3 Å². The molecule has 0 saturated carbocycles. The largest absolute Gasteiger partial charge is 0.270 e. The third-order valence-corrected chi connectivity index (χ3v) is 4.45. The first-order valence-electron chi connectivity index (χ1n) is 6.46. The molecule has 0 aliphatic carbocycles. The molecule has 2 rings (SSSR count). The van der Waals surface area contributed by atoms with Crippen LogP contribution in [0.15, 0.2) is 17.6 Å². The van der Waals surface area contributed by atoms with Gasteiger partial charge in [-0.05, 0) is 29.9 Å². The summed E-state index contributed by atoms with van der Waals surface area (Å²) in [6.45, 7) is 5.10. The number of aromatic nitrogens is 2. The van der Waals surface area contributed by atoms with Crippen LogP contribution >= 0.6 is 22.9 Å². The fourth-order valence-electron chi connectivity index (χ4n) is 2.22. The predicted octanol–water partition coefficient (Wildman–Crippen LogP) is 3.12. The molecular weight excluding hydrogens is 280 g/mol. The Morgan fingerprint density at radius 1 is 1.53 bits per heavy atom. The molecule has 0 amide bonds. The van der Waals surface area contributed by atoms with E-state index in [4.69, 9.17) is 17.4 Å². The SMILES string of the molecule is CCCn1ncc(Cl)c1C(NN)c1sccc1CC. The first-order chi connectivity index (χ1) is 9.22. The number of nitrogens with zero attached hydrogens (tertiary/aromatic N) is 2. The van der Waals surface area contributed by atoms with Gasteiger partial charge in [0.05, 0.1) is 23.0 Å². The van der Waals surface area contributed by atoms with Gasteiger partial charge in [-0.2, -0.15) is 5.10 Å². The summed E-state index contributed by atoms with van der Waals surface area (Å²) in [4.78, 5) is 1.21. The third kappa shape index (κ3) is 2.84. The van der Waals surface area contributed by atoms with Gasteiger partial charge in [-0.1, -0.05) is 25.4 Å². The van der Waals surface area contributed by atoms with Gasteiger partial charge in [0.1, 0.15) is 0 Å². The molecule has 0 bridgehead atoms. The molecule has 19 heavy (non-hydrogen) atoms. The number of rotatable bonds is 6. The lowest BCUT2D eigenvalue weighted by Gasteiger charge is -2.18. The van der Waals surface area contributed by atoms with Gasteiger partial charge in [0.15, 0.2) is 0 Å². The van der Waals surface area contributed by atoms with Gasteiger partial charge in [-0.25, -0.2) is 5.43 Å². The van der Waals surface area contributed by atoms with Crippen molar-refractivity contribution in [2.45, 2.75) is 39.3 Å². The molecule has 0 aromatic carbocycles. The average molecular weight is 299 g/mol. The second-order valence-electron chi connectivity index (χ2n) is 4.36. The van der Waals surface area contributed by atoms with Gasteiger partial charge in [0, 0.05) is 11.4 Å². The number of hydrogen-bond donors (Lipinski definition) is 2. The molecule has 1 atom stereocenters. The number of hydrogen-bond acceptors (Lipinski definition) is 4. The summed E-state index contributed by atoms with van der Waals surface area (Å²) < 4.78 is 1.94. The maximum absolute atomic E-state index is 6.29. The van der Waals surface area contributed by atoms with Crippen LogP contribution in [0.5, 0.6) is 0 Å². The van der Waals surface area contributed by atoms with Gasteiger partial charge >= 0.3 is 0 Å². The van der Waals surface area contributed by atoms with Gasteiger partial charge in [-0.3, -0.25) is 10.5 Å². The fraction of sp³-hybridized carbons (Fsp3) is 0.462. The summed E-state index contributed by atoms with van der Waals surface area (Å²) in [7, 11) is 0. The molecule has 2 aromatic heterocycles. The van der Waals surface area contributed by atoms with E-state index in [1.54, 1.807) is 17.5 Å². The summed E-state index contributed by atoms with van der Waals surface area (Å²) in [5, 5.41) is 7.08. The second-order valence-corrected chi connectivity index (χ2v) is 5.72.